The van der Waals surface area contributed by atoms with Gasteiger partial charge in [0.25, 0.3) is 0 Å². The molecule has 0 aliphatic rings. The molecule has 2 rings (SSSR count). The molecule has 20 heavy (non-hydrogen) atoms. The Kier molecular flexibility index (Phi) is 4.49. The number of ether oxygens (including phenoxy) is 1. The molecule has 0 atom stereocenters. The maximum atomic E-state index is 13.6. The zero-order chi connectivity index (χ0) is 14.7. The minimum Gasteiger partial charge on any atom is -0.488 e. The third-order valence-electron chi connectivity index (χ3n) is 2.71. The van der Waals surface area contributed by atoms with Crippen LogP contribution in [-0.2, 0) is 6.61 Å². The smallest absolute Gasteiger partial charge is 0.163 e. The summed E-state index contributed by atoms with van der Waals surface area (Å²) in [6.45, 7) is 1.28. The molecule has 2 aromatic carbocycles. The van der Waals surface area contributed by atoms with Gasteiger partial charge in [0.15, 0.2) is 5.78 Å². The molecule has 0 fully saturated rings. The van der Waals surface area contributed by atoms with Gasteiger partial charge in [0, 0.05) is 10.0 Å². The third-order valence-corrected chi connectivity index (χ3v) is 3.21. The van der Waals surface area contributed by atoms with Gasteiger partial charge in [-0.25, -0.2) is 8.78 Å². The predicted octanol–water partition coefficient (Wildman–Crippen LogP) is 4.51. The number of ketones is 1. The molecule has 5 heteroatoms. The van der Waals surface area contributed by atoms with Crippen LogP contribution in [0.5, 0.6) is 5.75 Å². The van der Waals surface area contributed by atoms with E-state index < -0.39 is 11.6 Å². The summed E-state index contributed by atoms with van der Waals surface area (Å²) in [6.07, 6.45) is 0. The van der Waals surface area contributed by atoms with Crippen LogP contribution in [0.2, 0.25) is 0 Å². The molecule has 0 aromatic heterocycles. The normalized spacial score (nSPS) is 10.4. The Balaban J connectivity index is 2.23. The molecule has 0 heterocycles. The second-order valence-corrected chi connectivity index (χ2v) is 5.14. The SMILES string of the molecule is CC(=O)c1cc(F)ccc1OCc1cc(Br)ccc1F. The Bertz CT molecular complexity index is 656. The van der Waals surface area contributed by atoms with Gasteiger partial charge >= 0.3 is 0 Å². The molecule has 0 radical (unpaired) electrons. The lowest BCUT2D eigenvalue weighted by molar-refractivity contribution is 0.101. The van der Waals surface area contributed by atoms with Crippen LogP contribution in [0, 0.1) is 11.6 Å². The van der Waals surface area contributed by atoms with E-state index in [9.17, 15) is 13.6 Å². The van der Waals surface area contributed by atoms with Gasteiger partial charge in [-0.2, -0.15) is 0 Å². The first-order valence-corrected chi connectivity index (χ1v) is 6.64. The van der Waals surface area contributed by atoms with E-state index in [1.165, 1.54) is 25.1 Å². The summed E-state index contributed by atoms with van der Waals surface area (Å²) < 4.78 is 32.8. The van der Waals surface area contributed by atoms with E-state index in [4.69, 9.17) is 4.74 Å². The van der Waals surface area contributed by atoms with Crippen molar-refractivity contribution in [3.8, 4) is 5.75 Å². The van der Waals surface area contributed by atoms with Crippen molar-refractivity contribution in [2.45, 2.75) is 13.5 Å². The first-order chi connectivity index (χ1) is 9.47. The minimum absolute atomic E-state index is 0.0445. The lowest BCUT2D eigenvalue weighted by Gasteiger charge is -2.10. The molecule has 0 bridgehead atoms. The standard InChI is InChI=1S/C15H11BrF2O2/c1-9(19)13-7-12(17)3-5-15(13)20-8-10-6-11(16)2-4-14(10)18/h2-7H,8H2,1H3. The van der Waals surface area contributed by atoms with Gasteiger partial charge in [-0.05, 0) is 43.3 Å². The van der Waals surface area contributed by atoms with Crippen molar-refractivity contribution >= 4 is 21.7 Å². The Labute approximate surface area is 123 Å². The van der Waals surface area contributed by atoms with E-state index in [0.29, 0.717) is 5.56 Å². The Morgan fingerprint density at radius 3 is 2.65 bits per heavy atom. The van der Waals surface area contributed by atoms with Crippen LogP contribution in [0.3, 0.4) is 0 Å². The molecule has 0 saturated carbocycles. The van der Waals surface area contributed by atoms with Gasteiger partial charge in [-0.15, -0.1) is 0 Å². The van der Waals surface area contributed by atoms with Crippen molar-refractivity contribution in [3.05, 3.63) is 63.6 Å². The first-order valence-electron chi connectivity index (χ1n) is 5.84. The summed E-state index contributed by atoms with van der Waals surface area (Å²) in [6, 6.07) is 8.15. The Hall–Kier alpha value is -1.75. The van der Waals surface area contributed by atoms with Crippen molar-refractivity contribution in [1.29, 1.82) is 0 Å². The highest BCUT2D eigenvalue weighted by molar-refractivity contribution is 9.10. The van der Waals surface area contributed by atoms with Crippen LogP contribution < -0.4 is 4.74 Å². The monoisotopic (exact) mass is 340 g/mol. The molecule has 0 aliphatic carbocycles. The molecule has 0 amide bonds. The van der Waals surface area contributed by atoms with Crippen molar-refractivity contribution < 1.29 is 18.3 Å². The van der Waals surface area contributed by atoms with Gasteiger partial charge in [0.1, 0.15) is 24.0 Å². The molecule has 0 aliphatic heterocycles. The zero-order valence-corrected chi connectivity index (χ0v) is 12.2. The second kappa shape index (κ2) is 6.13. The number of carbonyl (C=O) groups is 1. The van der Waals surface area contributed by atoms with Gasteiger partial charge < -0.3 is 4.74 Å². The Morgan fingerprint density at radius 2 is 1.95 bits per heavy atom. The number of hydrogen-bond donors (Lipinski definition) is 0. The molecule has 2 aromatic rings. The molecular weight excluding hydrogens is 330 g/mol. The van der Waals surface area contributed by atoms with E-state index >= 15 is 0 Å². The van der Waals surface area contributed by atoms with E-state index in [-0.39, 0.29) is 23.7 Å². The lowest BCUT2D eigenvalue weighted by atomic mass is 10.1. The van der Waals surface area contributed by atoms with Crippen molar-refractivity contribution in [3.63, 3.8) is 0 Å². The maximum Gasteiger partial charge on any atom is 0.163 e. The molecule has 0 unspecified atom stereocenters. The second-order valence-electron chi connectivity index (χ2n) is 4.22. The fourth-order valence-corrected chi connectivity index (χ4v) is 2.12. The molecule has 0 spiro atoms. The first kappa shape index (κ1) is 14.7. The number of Topliss-reactive ketones (excluding diaryl/α,β-unsaturated/α-hetero) is 1. The van der Waals surface area contributed by atoms with Crippen molar-refractivity contribution in [2.75, 3.05) is 0 Å². The maximum absolute atomic E-state index is 13.6. The summed E-state index contributed by atoms with van der Waals surface area (Å²) in [5.74, 6) is -0.997. The summed E-state index contributed by atoms with van der Waals surface area (Å²) in [5.41, 5.74) is 0.485. The van der Waals surface area contributed by atoms with E-state index in [2.05, 4.69) is 15.9 Å². The van der Waals surface area contributed by atoms with E-state index in [1.807, 2.05) is 0 Å². The average Bonchev–Trinajstić information content (AvgIpc) is 2.40. The van der Waals surface area contributed by atoms with Crippen LogP contribution in [-0.4, -0.2) is 5.78 Å². The summed E-state index contributed by atoms with van der Waals surface area (Å²) >= 11 is 3.24. The molecule has 104 valence electrons. The number of benzene rings is 2. The third kappa shape index (κ3) is 3.42. The summed E-state index contributed by atoms with van der Waals surface area (Å²) in [5, 5.41) is 0. The number of halogens is 3. The highest BCUT2D eigenvalue weighted by Gasteiger charge is 2.11. The quantitative estimate of drug-likeness (QED) is 0.765. The summed E-state index contributed by atoms with van der Waals surface area (Å²) in [4.78, 5) is 11.4. The van der Waals surface area contributed by atoms with Crippen molar-refractivity contribution in [2.24, 2.45) is 0 Å². The lowest BCUT2D eigenvalue weighted by Crippen LogP contribution is -2.03. The van der Waals surface area contributed by atoms with Crippen LogP contribution >= 0.6 is 15.9 Å². The highest BCUT2D eigenvalue weighted by atomic mass is 79.9. The van der Waals surface area contributed by atoms with Crippen LogP contribution in [0.15, 0.2) is 40.9 Å². The fraction of sp³-hybridized carbons (Fsp3) is 0.133. The van der Waals surface area contributed by atoms with Gasteiger partial charge in [0.2, 0.25) is 0 Å². The molecule has 2 nitrogen and oxygen atoms in total. The topological polar surface area (TPSA) is 26.3 Å². The Morgan fingerprint density at radius 1 is 1.20 bits per heavy atom. The number of rotatable bonds is 4. The highest BCUT2D eigenvalue weighted by Crippen LogP contribution is 2.23. The number of carbonyl (C=O) groups excluding carboxylic acids is 1. The number of hydrogen-bond acceptors (Lipinski definition) is 2. The largest absolute Gasteiger partial charge is 0.488 e. The zero-order valence-electron chi connectivity index (χ0n) is 10.6. The van der Waals surface area contributed by atoms with E-state index in [1.54, 1.807) is 12.1 Å². The van der Waals surface area contributed by atoms with Crippen LogP contribution in [0.25, 0.3) is 0 Å². The minimum atomic E-state index is -0.517. The average molecular weight is 341 g/mol. The molecule has 0 saturated heterocycles. The fourth-order valence-electron chi connectivity index (χ4n) is 1.71. The van der Waals surface area contributed by atoms with Crippen LogP contribution in [0.4, 0.5) is 8.78 Å². The molecule has 0 N–H and O–H groups in total. The van der Waals surface area contributed by atoms with Crippen molar-refractivity contribution in [1.82, 2.24) is 0 Å². The molecular formula is C15H11BrF2O2. The van der Waals surface area contributed by atoms with Gasteiger partial charge in [0.05, 0.1) is 5.56 Å². The van der Waals surface area contributed by atoms with Gasteiger partial charge in [-0.1, -0.05) is 15.9 Å². The van der Waals surface area contributed by atoms with Crippen LogP contribution in [0.1, 0.15) is 22.8 Å². The van der Waals surface area contributed by atoms with Gasteiger partial charge in [-0.3, -0.25) is 4.79 Å². The summed E-state index contributed by atoms with van der Waals surface area (Å²) in [7, 11) is 0. The predicted molar refractivity (Wildman–Crippen MR) is 74.8 cm³/mol. The van der Waals surface area contributed by atoms with E-state index in [0.717, 1.165) is 10.5 Å².